The fraction of sp³-hybridized carbons (Fsp3) is 0.750. The number of carbonyl (C=O) groups excluding carboxylic acids is 6. The summed E-state index contributed by atoms with van der Waals surface area (Å²) in [6.45, 7) is 5.92. The van der Waals surface area contributed by atoms with Crippen LogP contribution in [-0.4, -0.2) is 136 Å². The Morgan fingerprint density at radius 2 is 1.29 bits per heavy atom. The third-order valence-corrected chi connectivity index (χ3v) is 8.19. The van der Waals surface area contributed by atoms with Crippen molar-refractivity contribution in [1.29, 1.82) is 0 Å². The number of aliphatic carboxylic acids is 2. The number of carboxylic acids is 2. The standard InChI is InChI=1S/C32H56N8O12/c1-16(2)14-22(32(51)52)38-31(50)25(18(4)42)40-30(49)23(15-41)39-28(47)20(8-5-6-12-33)37-29(48)21(10-11-24(43)44)36-26(45)17(3)35-27(46)19-9-7-13-34-19/h16-23,25,34,41-42H,5-15,33H2,1-4H3,(H,35,46)(H,36,45)(H,37,48)(H,38,50)(H,39,47)(H,40,49)(H,43,44)(H,51,52)/t17-,18+,19-,20-,21-,22-,23-,25-/m0/s1. The molecule has 0 saturated carbocycles. The summed E-state index contributed by atoms with van der Waals surface area (Å²) < 4.78 is 0. The zero-order valence-electron chi connectivity index (χ0n) is 30.1. The van der Waals surface area contributed by atoms with E-state index in [1.54, 1.807) is 13.8 Å². The van der Waals surface area contributed by atoms with Crippen molar-refractivity contribution in [3.63, 3.8) is 0 Å². The predicted octanol–water partition coefficient (Wildman–Crippen LogP) is -3.84. The minimum absolute atomic E-state index is 0.0277. The molecule has 20 heteroatoms. The molecule has 1 rings (SSSR count). The minimum atomic E-state index is -1.71. The van der Waals surface area contributed by atoms with E-state index in [4.69, 9.17) is 5.73 Å². The molecule has 8 atom stereocenters. The molecule has 0 aromatic heterocycles. The maximum atomic E-state index is 13.4. The summed E-state index contributed by atoms with van der Waals surface area (Å²) in [6.07, 6.45) is -0.308. The molecule has 1 aliphatic heterocycles. The zero-order valence-corrected chi connectivity index (χ0v) is 30.1. The number of rotatable bonds is 24. The Kier molecular flexibility index (Phi) is 20.4. The van der Waals surface area contributed by atoms with Gasteiger partial charge in [-0.3, -0.25) is 33.6 Å². The molecular formula is C32H56N8O12. The number of carboxylic acid groups (broad SMARTS) is 2. The number of hydrogen-bond donors (Lipinski definition) is 12. The van der Waals surface area contributed by atoms with E-state index < -0.39 is 109 Å². The van der Waals surface area contributed by atoms with Crippen molar-refractivity contribution in [3.8, 4) is 0 Å². The van der Waals surface area contributed by atoms with E-state index in [2.05, 4.69) is 37.2 Å². The fourth-order valence-corrected chi connectivity index (χ4v) is 5.24. The molecule has 0 aromatic carbocycles. The first-order valence-electron chi connectivity index (χ1n) is 17.4. The lowest BCUT2D eigenvalue weighted by Crippen LogP contribution is -2.61. The molecule has 0 radical (unpaired) electrons. The van der Waals surface area contributed by atoms with Crippen molar-refractivity contribution in [3.05, 3.63) is 0 Å². The summed E-state index contributed by atoms with van der Waals surface area (Å²) in [6, 6.07) is -9.11. The lowest BCUT2D eigenvalue weighted by Gasteiger charge is -2.27. The topological polar surface area (TPSA) is 328 Å². The van der Waals surface area contributed by atoms with Crippen molar-refractivity contribution < 1.29 is 58.8 Å². The van der Waals surface area contributed by atoms with Crippen LogP contribution in [0.25, 0.3) is 0 Å². The molecule has 0 bridgehead atoms. The minimum Gasteiger partial charge on any atom is -0.481 e. The largest absolute Gasteiger partial charge is 0.481 e. The van der Waals surface area contributed by atoms with Gasteiger partial charge >= 0.3 is 11.9 Å². The van der Waals surface area contributed by atoms with Gasteiger partial charge in [0.25, 0.3) is 0 Å². The first kappa shape index (κ1) is 45.6. The summed E-state index contributed by atoms with van der Waals surface area (Å²) in [5, 5.41) is 56.0. The van der Waals surface area contributed by atoms with E-state index in [0.717, 1.165) is 6.42 Å². The predicted molar refractivity (Wildman–Crippen MR) is 184 cm³/mol. The quantitative estimate of drug-likeness (QED) is 0.0422. The molecule has 20 nitrogen and oxygen atoms in total. The van der Waals surface area contributed by atoms with E-state index in [1.165, 1.54) is 13.8 Å². The number of unbranched alkanes of at least 4 members (excludes halogenated alkanes) is 1. The van der Waals surface area contributed by atoms with Crippen LogP contribution in [0, 0.1) is 5.92 Å². The van der Waals surface area contributed by atoms with Crippen molar-refractivity contribution >= 4 is 47.4 Å². The zero-order chi connectivity index (χ0) is 39.5. The lowest BCUT2D eigenvalue weighted by molar-refractivity contribution is -0.143. The van der Waals surface area contributed by atoms with Gasteiger partial charge in [-0.2, -0.15) is 0 Å². The van der Waals surface area contributed by atoms with Crippen molar-refractivity contribution in [2.75, 3.05) is 19.7 Å². The highest BCUT2D eigenvalue weighted by Crippen LogP contribution is 2.09. The molecule has 52 heavy (non-hydrogen) atoms. The Balaban J connectivity index is 3.10. The highest BCUT2D eigenvalue weighted by Gasteiger charge is 2.34. The van der Waals surface area contributed by atoms with E-state index >= 15 is 0 Å². The molecule has 13 N–H and O–H groups in total. The number of nitrogens with two attached hydrogens (primary N) is 1. The van der Waals surface area contributed by atoms with E-state index in [0.29, 0.717) is 25.8 Å². The monoisotopic (exact) mass is 744 g/mol. The van der Waals surface area contributed by atoms with Crippen molar-refractivity contribution in [2.24, 2.45) is 11.7 Å². The van der Waals surface area contributed by atoms with Crippen molar-refractivity contribution in [1.82, 2.24) is 37.2 Å². The van der Waals surface area contributed by atoms with Gasteiger partial charge in [-0.15, -0.1) is 0 Å². The van der Waals surface area contributed by atoms with Crippen LogP contribution in [0.4, 0.5) is 0 Å². The molecule has 0 unspecified atom stereocenters. The summed E-state index contributed by atoms with van der Waals surface area (Å²) in [4.78, 5) is 101. The van der Waals surface area contributed by atoms with Crippen LogP contribution in [0.15, 0.2) is 0 Å². The third kappa shape index (κ3) is 16.3. The summed E-state index contributed by atoms with van der Waals surface area (Å²) in [5.41, 5.74) is 5.58. The Morgan fingerprint density at radius 1 is 0.731 bits per heavy atom. The Hall–Kier alpha value is -4.40. The van der Waals surface area contributed by atoms with Gasteiger partial charge in [0.1, 0.15) is 36.3 Å². The summed E-state index contributed by atoms with van der Waals surface area (Å²) in [7, 11) is 0. The number of carbonyl (C=O) groups is 8. The lowest BCUT2D eigenvalue weighted by atomic mass is 10.0. The first-order chi connectivity index (χ1) is 24.4. The molecule has 0 spiro atoms. The molecule has 0 aromatic rings. The molecule has 0 aliphatic carbocycles. The molecule has 1 heterocycles. The number of hydrogen-bond acceptors (Lipinski definition) is 12. The van der Waals surface area contributed by atoms with Gasteiger partial charge in [0.05, 0.1) is 18.8 Å². The van der Waals surface area contributed by atoms with Gasteiger partial charge in [-0.25, -0.2) is 4.79 Å². The number of aliphatic hydroxyl groups is 2. The second-order valence-electron chi connectivity index (χ2n) is 13.2. The van der Waals surface area contributed by atoms with Crippen LogP contribution in [0.2, 0.25) is 0 Å². The highest BCUT2D eigenvalue weighted by molar-refractivity contribution is 5.97. The van der Waals surface area contributed by atoms with E-state index in [1.807, 2.05) is 0 Å². The molecule has 1 saturated heterocycles. The van der Waals surface area contributed by atoms with Crippen LogP contribution in [0.1, 0.15) is 79.1 Å². The second-order valence-corrected chi connectivity index (χ2v) is 13.2. The Labute approximate surface area is 302 Å². The van der Waals surface area contributed by atoms with Crippen LogP contribution < -0.4 is 43.0 Å². The maximum Gasteiger partial charge on any atom is 0.326 e. The molecule has 296 valence electrons. The van der Waals surface area contributed by atoms with Crippen LogP contribution in [0.5, 0.6) is 0 Å². The molecule has 1 aliphatic rings. The van der Waals surface area contributed by atoms with Gasteiger partial charge < -0.3 is 63.4 Å². The van der Waals surface area contributed by atoms with Crippen LogP contribution >= 0.6 is 0 Å². The Bertz CT molecular complexity index is 1240. The van der Waals surface area contributed by atoms with Crippen LogP contribution in [0.3, 0.4) is 0 Å². The molecule has 1 fully saturated rings. The van der Waals surface area contributed by atoms with Crippen LogP contribution in [-0.2, 0) is 38.4 Å². The second kappa shape index (κ2) is 23.2. The third-order valence-electron chi connectivity index (χ3n) is 8.19. The SMILES string of the molecule is CC(C)C[C@H](NC(=O)[C@@H](NC(=O)[C@H](CO)NC(=O)[C@H](CCCCN)NC(=O)[C@H](CCC(=O)O)NC(=O)[C@H](C)NC(=O)[C@@H]1CCCN1)[C@@H](C)O)C(=O)O. The average molecular weight is 745 g/mol. The van der Waals surface area contributed by atoms with Gasteiger partial charge in [0.2, 0.25) is 35.4 Å². The summed E-state index contributed by atoms with van der Waals surface area (Å²) in [5.74, 6) is -7.96. The van der Waals surface area contributed by atoms with E-state index in [-0.39, 0.29) is 31.7 Å². The number of aliphatic hydroxyl groups excluding tert-OH is 2. The highest BCUT2D eigenvalue weighted by atomic mass is 16.4. The van der Waals surface area contributed by atoms with Gasteiger partial charge in [0.15, 0.2) is 0 Å². The number of nitrogens with one attached hydrogen (secondary N) is 7. The summed E-state index contributed by atoms with van der Waals surface area (Å²) >= 11 is 0. The smallest absolute Gasteiger partial charge is 0.326 e. The normalized spacial score (nSPS) is 18.0. The van der Waals surface area contributed by atoms with Gasteiger partial charge in [-0.05, 0) is 77.8 Å². The Morgan fingerprint density at radius 3 is 1.79 bits per heavy atom. The fourth-order valence-electron chi connectivity index (χ4n) is 5.24. The van der Waals surface area contributed by atoms with Gasteiger partial charge in [0, 0.05) is 6.42 Å². The first-order valence-corrected chi connectivity index (χ1v) is 17.4. The van der Waals surface area contributed by atoms with Gasteiger partial charge in [-0.1, -0.05) is 13.8 Å². The molecular weight excluding hydrogens is 688 g/mol. The maximum absolute atomic E-state index is 13.4. The number of amides is 6. The molecule has 6 amide bonds. The van der Waals surface area contributed by atoms with E-state index in [9.17, 15) is 58.8 Å². The van der Waals surface area contributed by atoms with Crippen molar-refractivity contribution in [2.45, 2.75) is 127 Å². The average Bonchev–Trinajstić information content (AvgIpc) is 3.61.